The summed E-state index contributed by atoms with van der Waals surface area (Å²) in [6.45, 7) is 1.50. The molecule has 1 N–H and O–H groups in total. The molecule has 1 aliphatic rings. The van der Waals surface area contributed by atoms with E-state index in [4.69, 9.17) is 11.6 Å². The predicted octanol–water partition coefficient (Wildman–Crippen LogP) is 0.510. The molecule has 8 nitrogen and oxygen atoms in total. The molecule has 9 heteroatoms. The largest absolute Gasteiger partial charge is 0.347 e. The first-order valence-corrected chi connectivity index (χ1v) is 6.78. The van der Waals surface area contributed by atoms with Gasteiger partial charge in [0, 0.05) is 46.0 Å². The van der Waals surface area contributed by atoms with E-state index in [-0.39, 0.29) is 22.4 Å². The van der Waals surface area contributed by atoms with E-state index in [2.05, 4.69) is 10.3 Å². The molecule has 1 fully saturated rings. The highest BCUT2D eigenvalue weighted by atomic mass is 35.5. The summed E-state index contributed by atoms with van der Waals surface area (Å²) in [5.41, 5.74) is -0.194. The minimum Gasteiger partial charge on any atom is -0.347 e. The number of amides is 1. The molecule has 1 unspecified atom stereocenters. The van der Waals surface area contributed by atoms with Crippen molar-refractivity contribution < 1.29 is 9.72 Å². The number of rotatable bonds is 3. The van der Waals surface area contributed by atoms with Crippen molar-refractivity contribution in [1.29, 1.82) is 0 Å². The lowest BCUT2D eigenvalue weighted by Gasteiger charge is -2.36. The normalized spacial score (nSPS) is 18.4. The first kappa shape index (κ1) is 15.5. The number of halogens is 1. The van der Waals surface area contributed by atoms with E-state index in [0.29, 0.717) is 19.6 Å². The SMILES string of the molecule is CN(C)C(=O)C1CNCCN1c1ncc(Cl)cc1[N+](=O)[O-]. The lowest BCUT2D eigenvalue weighted by Crippen LogP contribution is -2.58. The fourth-order valence-corrected chi connectivity index (χ4v) is 2.41. The number of anilines is 1. The van der Waals surface area contributed by atoms with E-state index in [1.165, 1.54) is 17.2 Å². The van der Waals surface area contributed by atoms with Crippen LogP contribution >= 0.6 is 11.6 Å². The fraction of sp³-hybridized carbons (Fsp3) is 0.500. The van der Waals surface area contributed by atoms with Crippen molar-refractivity contribution in [2.24, 2.45) is 0 Å². The van der Waals surface area contributed by atoms with Crippen molar-refractivity contribution in [1.82, 2.24) is 15.2 Å². The molecule has 1 saturated heterocycles. The zero-order valence-corrected chi connectivity index (χ0v) is 12.5. The van der Waals surface area contributed by atoms with Crippen LogP contribution in [-0.4, -0.2) is 60.5 Å². The Bertz CT molecular complexity index is 566. The number of hydrogen-bond acceptors (Lipinski definition) is 6. The van der Waals surface area contributed by atoms with Crippen molar-refractivity contribution in [2.75, 3.05) is 38.6 Å². The molecular formula is C12H16ClN5O3. The molecule has 0 saturated carbocycles. The summed E-state index contributed by atoms with van der Waals surface area (Å²) in [6, 6.07) is 0.726. The molecule has 0 bridgehead atoms. The molecule has 114 valence electrons. The summed E-state index contributed by atoms with van der Waals surface area (Å²) >= 11 is 5.78. The second-order valence-corrected chi connectivity index (χ2v) is 5.34. The maximum Gasteiger partial charge on any atom is 0.313 e. The molecule has 1 aromatic rings. The van der Waals surface area contributed by atoms with E-state index in [1.54, 1.807) is 19.0 Å². The van der Waals surface area contributed by atoms with Gasteiger partial charge in [0.15, 0.2) is 0 Å². The average molecular weight is 314 g/mol. The third-order valence-corrected chi connectivity index (χ3v) is 3.46. The molecule has 1 amide bonds. The molecule has 2 heterocycles. The third kappa shape index (κ3) is 3.22. The molecule has 1 aromatic heterocycles. The van der Waals surface area contributed by atoms with Crippen LogP contribution in [0.3, 0.4) is 0 Å². The Balaban J connectivity index is 2.42. The fourth-order valence-electron chi connectivity index (χ4n) is 2.25. The molecule has 0 aliphatic carbocycles. The van der Waals surface area contributed by atoms with E-state index < -0.39 is 11.0 Å². The highest BCUT2D eigenvalue weighted by Crippen LogP contribution is 2.30. The molecule has 2 rings (SSSR count). The molecule has 0 aromatic carbocycles. The lowest BCUT2D eigenvalue weighted by atomic mass is 10.1. The van der Waals surface area contributed by atoms with Crippen LogP contribution in [0.4, 0.5) is 11.5 Å². The quantitative estimate of drug-likeness (QED) is 0.646. The number of hydrogen-bond donors (Lipinski definition) is 1. The van der Waals surface area contributed by atoms with Gasteiger partial charge in [0.05, 0.1) is 9.95 Å². The number of carbonyl (C=O) groups is 1. The zero-order valence-electron chi connectivity index (χ0n) is 11.7. The monoisotopic (exact) mass is 313 g/mol. The molecular weight excluding hydrogens is 298 g/mol. The first-order valence-electron chi connectivity index (χ1n) is 6.40. The highest BCUT2D eigenvalue weighted by Gasteiger charge is 2.34. The summed E-state index contributed by atoms with van der Waals surface area (Å²) in [5, 5.41) is 14.5. The molecule has 0 spiro atoms. The second kappa shape index (κ2) is 6.23. The van der Waals surface area contributed by atoms with Crippen LogP contribution in [0.1, 0.15) is 0 Å². The Morgan fingerprint density at radius 2 is 2.33 bits per heavy atom. The van der Waals surface area contributed by atoms with E-state index in [1.807, 2.05) is 0 Å². The molecule has 21 heavy (non-hydrogen) atoms. The van der Waals surface area contributed by atoms with Crippen LogP contribution in [0.2, 0.25) is 5.02 Å². The molecule has 1 aliphatic heterocycles. The van der Waals surface area contributed by atoms with Crippen LogP contribution in [0.15, 0.2) is 12.3 Å². The van der Waals surface area contributed by atoms with Crippen LogP contribution in [0.25, 0.3) is 0 Å². The van der Waals surface area contributed by atoms with Gasteiger partial charge in [-0.2, -0.15) is 0 Å². The summed E-state index contributed by atoms with van der Waals surface area (Å²) in [5.74, 6) is 0.0411. The van der Waals surface area contributed by atoms with Crippen molar-refractivity contribution in [3.8, 4) is 0 Å². The second-order valence-electron chi connectivity index (χ2n) is 4.90. The number of nitrogens with one attached hydrogen (secondary N) is 1. The number of pyridine rings is 1. The number of likely N-dealkylation sites (N-methyl/N-ethyl adjacent to an activating group) is 1. The smallest absolute Gasteiger partial charge is 0.313 e. The van der Waals surface area contributed by atoms with Gasteiger partial charge in [-0.3, -0.25) is 14.9 Å². The van der Waals surface area contributed by atoms with Crippen molar-refractivity contribution in [3.05, 3.63) is 27.4 Å². The van der Waals surface area contributed by atoms with Gasteiger partial charge in [-0.05, 0) is 0 Å². The average Bonchev–Trinajstić information content (AvgIpc) is 2.46. The summed E-state index contributed by atoms with van der Waals surface area (Å²) in [7, 11) is 3.30. The Labute approximate surface area is 126 Å². The first-order chi connectivity index (χ1) is 9.91. The van der Waals surface area contributed by atoms with Gasteiger partial charge < -0.3 is 15.1 Å². The van der Waals surface area contributed by atoms with Crippen molar-refractivity contribution >= 4 is 29.0 Å². The topological polar surface area (TPSA) is 91.6 Å². The van der Waals surface area contributed by atoms with Crippen LogP contribution in [0, 0.1) is 10.1 Å². The van der Waals surface area contributed by atoms with Crippen LogP contribution in [-0.2, 0) is 4.79 Å². The maximum atomic E-state index is 12.3. The molecule has 1 atom stereocenters. The van der Waals surface area contributed by atoms with Gasteiger partial charge in [0.1, 0.15) is 6.04 Å². The Hall–Kier alpha value is -1.93. The van der Waals surface area contributed by atoms with E-state index in [9.17, 15) is 14.9 Å². The standard InChI is InChI=1S/C12H16ClN5O3/c1-16(2)12(19)10-7-14-3-4-17(10)11-9(18(20)21)5-8(13)6-15-11/h5-6,10,14H,3-4,7H2,1-2H3. The summed E-state index contributed by atoms with van der Waals surface area (Å²) in [4.78, 5) is 30.1. The number of nitro groups is 1. The maximum absolute atomic E-state index is 12.3. The Kier molecular flexibility index (Phi) is 4.59. The van der Waals surface area contributed by atoms with E-state index >= 15 is 0 Å². The zero-order chi connectivity index (χ0) is 15.6. The Morgan fingerprint density at radius 3 is 2.95 bits per heavy atom. The summed E-state index contributed by atoms with van der Waals surface area (Å²) < 4.78 is 0. The van der Waals surface area contributed by atoms with Crippen LogP contribution in [0.5, 0.6) is 0 Å². The minimum absolute atomic E-state index is 0.131. The lowest BCUT2D eigenvalue weighted by molar-refractivity contribution is -0.384. The van der Waals surface area contributed by atoms with Crippen LogP contribution < -0.4 is 10.2 Å². The summed E-state index contributed by atoms with van der Waals surface area (Å²) in [6.07, 6.45) is 1.35. The van der Waals surface area contributed by atoms with Gasteiger partial charge in [0.2, 0.25) is 11.7 Å². The number of piperazine rings is 1. The minimum atomic E-state index is -0.534. The third-order valence-electron chi connectivity index (χ3n) is 3.25. The number of carbonyl (C=O) groups excluding carboxylic acids is 1. The van der Waals surface area contributed by atoms with Crippen molar-refractivity contribution in [2.45, 2.75) is 6.04 Å². The van der Waals surface area contributed by atoms with E-state index in [0.717, 1.165) is 0 Å². The molecule has 0 radical (unpaired) electrons. The van der Waals surface area contributed by atoms with Gasteiger partial charge >= 0.3 is 5.69 Å². The van der Waals surface area contributed by atoms with Gasteiger partial charge in [-0.1, -0.05) is 11.6 Å². The van der Waals surface area contributed by atoms with Gasteiger partial charge in [-0.15, -0.1) is 0 Å². The number of aromatic nitrogens is 1. The Morgan fingerprint density at radius 1 is 1.62 bits per heavy atom. The van der Waals surface area contributed by atoms with Crippen molar-refractivity contribution in [3.63, 3.8) is 0 Å². The highest BCUT2D eigenvalue weighted by molar-refractivity contribution is 6.30. The van der Waals surface area contributed by atoms with Gasteiger partial charge in [-0.25, -0.2) is 4.98 Å². The number of nitrogens with zero attached hydrogens (tertiary/aromatic N) is 4. The predicted molar refractivity (Wildman–Crippen MR) is 78.6 cm³/mol. The van der Waals surface area contributed by atoms with Gasteiger partial charge in [0.25, 0.3) is 0 Å².